The Kier molecular flexibility index (Phi) is 4.53. The third kappa shape index (κ3) is 3.58. The molecule has 1 aromatic heterocycles. The Hall–Kier alpha value is -2.79. The molecule has 0 atom stereocenters. The highest BCUT2D eigenvalue weighted by Gasteiger charge is 2.08. The Bertz CT molecular complexity index is 878. The zero-order valence-electron chi connectivity index (χ0n) is 13.4. The van der Waals surface area contributed by atoms with E-state index in [1.54, 1.807) is 6.07 Å². The average molecular weight is 341 g/mol. The molecule has 24 heavy (non-hydrogen) atoms. The van der Waals surface area contributed by atoms with Crippen LogP contribution in [0.3, 0.4) is 0 Å². The summed E-state index contributed by atoms with van der Waals surface area (Å²) in [7, 11) is 3.93. The first-order chi connectivity index (χ1) is 11.5. The number of halogens is 1. The second kappa shape index (κ2) is 6.76. The fraction of sp³-hybridized carbons (Fsp3) is 0.111. The Morgan fingerprint density at radius 2 is 1.75 bits per heavy atom. The second-order valence-corrected chi connectivity index (χ2v) is 5.92. The fourth-order valence-electron chi connectivity index (χ4n) is 2.37. The number of carbonyl (C=O) groups excluding carboxylic acids is 1. The zero-order chi connectivity index (χ0) is 17.1. The van der Waals surface area contributed by atoms with Crippen molar-refractivity contribution >= 4 is 45.6 Å². The number of nitrogens with zero attached hydrogens (tertiary/aromatic N) is 2. The lowest BCUT2D eigenvalue weighted by molar-refractivity contribution is 0.262. The molecule has 0 saturated heterocycles. The number of pyridine rings is 1. The fourth-order valence-corrected chi connectivity index (χ4v) is 2.57. The van der Waals surface area contributed by atoms with Gasteiger partial charge in [-0.2, -0.15) is 0 Å². The average Bonchev–Trinajstić information content (AvgIpc) is 2.55. The molecule has 0 aliphatic carbocycles. The standard InChI is InChI=1S/C18H17ClN4O/c1-23(2)13-9-7-12(8-10-13)20-18(24)22-16-11-17(19)21-15-6-4-3-5-14(15)16/h3-11H,1-2H3,(H2,20,21,22,24). The van der Waals surface area contributed by atoms with Crippen LogP contribution in [0.4, 0.5) is 21.9 Å². The highest BCUT2D eigenvalue weighted by molar-refractivity contribution is 6.30. The number of amides is 2. The van der Waals surface area contributed by atoms with E-state index in [1.807, 2.05) is 67.5 Å². The molecule has 0 bridgehead atoms. The van der Waals surface area contributed by atoms with Gasteiger partial charge in [0.2, 0.25) is 0 Å². The number of hydrogen-bond acceptors (Lipinski definition) is 3. The quantitative estimate of drug-likeness (QED) is 0.685. The van der Waals surface area contributed by atoms with Crippen LogP contribution in [0.15, 0.2) is 54.6 Å². The van der Waals surface area contributed by atoms with Crippen molar-refractivity contribution in [1.82, 2.24) is 4.98 Å². The number of hydrogen-bond donors (Lipinski definition) is 2. The summed E-state index contributed by atoms with van der Waals surface area (Å²) in [5.41, 5.74) is 3.12. The molecule has 0 aliphatic heterocycles. The largest absolute Gasteiger partial charge is 0.378 e. The van der Waals surface area contributed by atoms with Crippen molar-refractivity contribution in [3.63, 3.8) is 0 Å². The summed E-state index contributed by atoms with van der Waals surface area (Å²) < 4.78 is 0. The molecule has 0 aliphatic rings. The lowest BCUT2D eigenvalue weighted by atomic mass is 10.2. The van der Waals surface area contributed by atoms with Crippen molar-refractivity contribution in [3.05, 3.63) is 59.8 Å². The normalized spacial score (nSPS) is 10.5. The van der Waals surface area contributed by atoms with Crippen LogP contribution in [0.25, 0.3) is 10.9 Å². The maximum absolute atomic E-state index is 12.3. The predicted octanol–water partition coefficient (Wildman–Crippen LogP) is 4.60. The number of anilines is 3. The maximum atomic E-state index is 12.3. The summed E-state index contributed by atoms with van der Waals surface area (Å²) in [6, 6.07) is 16.4. The van der Waals surface area contributed by atoms with Gasteiger partial charge in [0.15, 0.2) is 0 Å². The van der Waals surface area contributed by atoms with E-state index < -0.39 is 0 Å². The summed E-state index contributed by atoms with van der Waals surface area (Å²) >= 11 is 6.03. The highest BCUT2D eigenvalue weighted by Crippen LogP contribution is 2.25. The first-order valence-corrected chi connectivity index (χ1v) is 7.81. The minimum Gasteiger partial charge on any atom is -0.378 e. The Morgan fingerprint density at radius 3 is 2.46 bits per heavy atom. The highest BCUT2D eigenvalue weighted by atomic mass is 35.5. The number of para-hydroxylation sites is 1. The van der Waals surface area contributed by atoms with Crippen LogP contribution in [0.1, 0.15) is 0 Å². The first kappa shape index (κ1) is 16.1. The van der Waals surface area contributed by atoms with E-state index >= 15 is 0 Å². The van der Waals surface area contributed by atoms with Crippen LogP contribution >= 0.6 is 11.6 Å². The van der Waals surface area contributed by atoms with Gasteiger partial charge in [0.05, 0.1) is 11.2 Å². The van der Waals surface area contributed by atoms with E-state index in [9.17, 15) is 4.79 Å². The molecule has 0 fully saturated rings. The molecule has 2 amide bonds. The smallest absolute Gasteiger partial charge is 0.323 e. The summed E-state index contributed by atoms with van der Waals surface area (Å²) in [4.78, 5) is 18.5. The van der Waals surface area contributed by atoms with Crippen LogP contribution in [0, 0.1) is 0 Å². The molecular weight excluding hydrogens is 324 g/mol. The number of aromatic nitrogens is 1. The van der Waals surface area contributed by atoms with Crippen LogP contribution in [-0.2, 0) is 0 Å². The van der Waals surface area contributed by atoms with Crippen molar-refractivity contribution in [3.8, 4) is 0 Å². The van der Waals surface area contributed by atoms with Crippen LogP contribution < -0.4 is 15.5 Å². The Labute approximate surface area is 145 Å². The van der Waals surface area contributed by atoms with E-state index in [-0.39, 0.29) is 6.03 Å². The van der Waals surface area contributed by atoms with E-state index in [1.165, 1.54) is 0 Å². The van der Waals surface area contributed by atoms with E-state index in [0.29, 0.717) is 16.5 Å². The van der Waals surface area contributed by atoms with Gasteiger partial charge in [-0.05, 0) is 36.4 Å². The maximum Gasteiger partial charge on any atom is 0.323 e. The van der Waals surface area contributed by atoms with Crippen molar-refractivity contribution in [2.45, 2.75) is 0 Å². The lowest BCUT2D eigenvalue weighted by Crippen LogP contribution is -2.19. The Morgan fingerprint density at radius 1 is 1.04 bits per heavy atom. The van der Waals surface area contributed by atoms with E-state index in [2.05, 4.69) is 15.6 Å². The molecule has 0 unspecified atom stereocenters. The topological polar surface area (TPSA) is 57.3 Å². The number of urea groups is 1. The van der Waals surface area contributed by atoms with Gasteiger partial charge in [0, 0.05) is 30.9 Å². The lowest BCUT2D eigenvalue weighted by Gasteiger charge is -2.14. The van der Waals surface area contributed by atoms with Crippen molar-refractivity contribution in [2.24, 2.45) is 0 Å². The number of carbonyl (C=O) groups is 1. The summed E-state index contributed by atoms with van der Waals surface area (Å²) in [5.74, 6) is 0. The molecule has 122 valence electrons. The molecule has 1 heterocycles. The molecule has 0 saturated carbocycles. The molecule has 3 aromatic rings. The van der Waals surface area contributed by atoms with Gasteiger partial charge in [0.1, 0.15) is 5.15 Å². The Balaban J connectivity index is 1.78. The van der Waals surface area contributed by atoms with Gasteiger partial charge in [-0.1, -0.05) is 29.8 Å². The first-order valence-electron chi connectivity index (χ1n) is 7.43. The third-order valence-electron chi connectivity index (χ3n) is 3.57. The second-order valence-electron chi connectivity index (χ2n) is 5.53. The molecule has 0 radical (unpaired) electrons. The molecule has 5 nitrogen and oxygen atoms in total. The van der Waals surface area contributed by atoms with Gasteiger partial charge in [0.25, 0.3) is 0 Å². The molecule has 6 heteroatoms. The number of nitrogens with one attached hydrogen (secondary N) is 2. The minimum absolute atomic E-state index is 0.333. The van der Waals surface area contributed by atoms with Gasteiger partial charge < -0.3 is 15.5 Å². The number of fused-ring (bicyclic) bond motifs is 1. The number of benzene rings is 2. The van der Waals surface area contributed by atoms with E-state index in [0.717, 1.165) is 16.6 Å². The van der Waals surface area contributed by atoms with Crippen molar-refractivity contribution in [2.75, 3.05) is 29.6 Å². The van der Waals surface area contributed by atoms with Gasteiger partial charge >= 0.3 is 6.03 Å². The van der Waals surface area contributed by atoms with Crippen molar-refractivity contribution < 1.29 is 4.79 Å². The number of rotatable bonds is 3. The van der Waals surface area contributed by atoms with Gasteiger partial charge in [-0.3, -0.25) is 0 Å². The monoisotopic (exact) mass is 340 g/mol. The van der Waals surface area contributed by atoms with Crippen LogP contribution in [0.2, 0.25) is 5.15 Å². The van der Waals surface area contributed by atoms with Crippen LogP contribution in [0.5, 0.6) is 0 Å². The third-order valence-corrected chi connectivity index (χ3v) is 3.77. The molecular formula is C18H17ClN4O. The molecule has 2 N–H and O–H groups in total. The summed E-state index contributed by atoms with van der Waals surface area (Å²) in [6.45, 7) is 0. The SMILES string of the molecule is CN(C)c1ccc(NC(=O)Nc2cc(Cl)nc3ccccc23)cc1. The van der Waals surface area contributed by atoms with Crippen LogP contribution in [-0.4, -0.2) is 25.1 Å². The summed E-state index contributed by atoms with van der Waals surface area (Å²) in [6.07, 6.45) is 0. The van der Waals surface area contributed by atoms with Gasteiger partial charge in [-0.15, -0.1) is 0 Å². The zero-order valence-corrected chi connectivity index (χ0v) is 14.1. The predicted molar refractivity (Wildman–Crippen MR) is 100 cm³/mol. The summed E-state index contributed by atoms with van der Waals surface area (Å²) in [5, 5.41) is 6.80. The molecule has 2 aromatic carbocycles. The molecule has 0 spiro atoms. The van der Waals surface area contributed by atoms with Gasteiger partial charge in [-0.25, -0.2) is 9.78 Å². The minimum atomic E-state index is -0.333. The molecule has 3 rings (SSSR count). The van der Waals surface area contributed by atoms with Crippen molar-refractivity contribution in [1.29, 1.82) is 0 Å². The van der Waals surface area contributed by atoms with E-state index in [4.69, 9.17) is 11.6 Å².